The summed E-state index contributed by atoms with van der Waals surface area (Å²) in [5.74, 6) is 1.32. The van der Waals surface area contributed by atoms with Crippen molar-refractivity contribution in [2.45, 2.75) is 31.5 Å². The summed E-state index contributed by atoms with van der Waals surface area (Å²) in [6.07, 6.45) is 1.56. The Hall–Kier alpha value is -3.80. The number of ether oxygens (including phenoxy) is 2. The standard InChI is InChI=1S/C26H23N3O3/c1-3-16-8-13-21-20(14-16)26(25(30)27-21)29-23(19-6-4-5-7-24(19)32-26)15-22(28-29)17-9-11-18(31-2)12-10-17/h4-14,23H,3,15H2,1-2H3,(H,27,30)/t23-,26-/m0/s1. The van der Waals surface area contributed by atoms with Crippen molar-refractivity contribution >= 4 is 17.3 Å². The molecule has 0 aliphatic carbocycles. The molecular formula is C26H23N3O3. The number of carbonyl (C=O) groups is 1. The molecule has 0 saturated heterocycles. The lowest BCUT2D eigenvalue weighted by molar-refractivity contribution is -0.161. The van der Waals surface area contributed by atoms with Gasteiger partial charge in [0.05, 0.1) is 30.1 Å². The maximum Gasteiger partial charge on any atom is 0.306 e. The number of benzene rings is 3. The summed E-state index contributed by atoms with van der Waals surface area (Å²) in [4.78, 5) is 13.5. The molecule has 0 saturated carbocycles. The molecule has 6 rings (SSSR count). The summed E-state index contributed by atoms with van der Waals surface area (Å²) in [7, 11) is 1.65. The zero-order chi connectivity index (χ0) is 21.9. The van der Waals surface area contributed by atoms with Gasteiger partial charge in [-0.05, 0) is 60.0 Å². The van der Waals surface area contributed by atoms with Crippen molar-refractivity contribution in [3.05, 3.63) is 89.0 Å². The molecule has 6 heteroatoms. The van der Waals surface area contributed by atoms with Crippen LogP contribution in [0.3, 0.4) is 0 Å². The van der Waals surface area contributed by atoms with E-state index in [2.05, 4.69) is 24.4 Å². The Bertz CT molecular complexity index is 1270. The van der Waals surface area contributed by atoms with Crippen molar-refractivity contribution in [2.75, 3.05) is 12.4 Å². The van der Waals surface area contributed by atoms with Crippen LogP contribution in [0.1, 0.15) is 41.6 Å². The monoisotopic (exact) mass is 425 g/mol. The number of hydrogen-bond acceptors (Lipinski definition) is 5. The molecule has 3 aliphatic rings. The van der Waals surface area contributed by atoms with Gasteiger partial charge < -0.3 is 14.8 Å². The fraction of sp³-hybridized carbons (Fsp3) is 0.231. The van der Waals surface area contributed by atoms with E-state index in [1.807, 2.05) is 59.6 Å². The van der Waals surface area contributed by atoms with Crippen molar-refractivity contribution in [3.8, 4) is 11.5 Å². The number of hydrazone groups is 1. The zero-order valence-electron chi connectivity index (χ0n) is 18.0. The first kappa shape index (κ1) is 18.9. The first-order valence-electron chi connectivity index (χ1n) is 10.9. The van der Waals surface area contributed by atoms with E-state index in [9.17, 15) is 4.79 Å². The molecule has 3 aromatic rings. The van der Waals surface area contributed by atoms with Gasteiger partial charge in [-0.15, -0.1) is 0 Å². The first-order valence-corrected chi connectivity index (χ1v) is 10.9. The van der Waals surface area contributed by atoms with E-state index in [-0.39, 0.29) is 11.9 Å². The van der Waals surface area contributed by atoms with Crippen LogP contribution in [0.5, 0.6) is 11.5 Å². The molecule has 0 unspecified atom stereocenters. The Morgan fingerprint density at radius 2 is 1.97 bits per heavy atom. The van der Waals surface area contributed by atoms with Crippen LogP contribution < -0.4 is 14.8 Å². The predicted octanol–water partition coefficient (Wildman–Crippen LogP) is 4.61. The maximum absolute atomic E-state index is 13.5. The fourth-order valence-corrected chi connectivity index (χ4v) is 4.91. The van der Waals surface area contributed by atoms with E-state index >= 15 is 0 Å². The van der Waals surface area contributed by atoms with Gasteiger partial charge in [-0.3, -0.25) is 4.79 Å². The van der Waals surface area contributed by atoms with E-state index < -0.39 is 5.72 Å². The average molecular weight is 425 g/mol. The molecule has 3 heterocycles. The normalized spacial score (nSPS) is 22.6. The smallest absolute Gasteiger partial charge is 0.306 e. The van der Waals surface area contributed by atoms with Crippen molar-refractivity contribution < 1.29 is 14.3 Å². The highest BCUT2D eigenvalue weighted by Gasteiger charge is 2.60. The van der Waals surface area contributed by atoms with Gasteiger partial charge >= 0.3 is 5.72 Å². The summed E-state index contributed by atoms with van der Waals surface area (Å²) in [5.41, 5.74) is 4.39. The topological polar surface area (TPSA) is 63.2 Å². The number of carbonyl (C=O) groups excluding carboxylic acids is 1. The van der Waals surface area contributed by atoms with Crippen LogP contribution in [0.15, 0.2) is 71.8 Å². The van der Waals surface area contributed by atoms with Crippen LogP contribution in [0.2, 0.25) is 0 Å². The number of nitrogens with zero attached hydrogens (tertiary/aromatic N) is 2. The summed E-state index contributed by atoms with van der Waals surface area (Å²) in [6.45, 7) is 2.11. The maximum atomic E-state index is 13.5. The summed E-state index contributed by atoms with van der Waals surface area (Å²) < 4.78 is 11.8. The number of hydrogen-bond donors (Lipinski definition) is 1. The second-order valence-electron chi connectivity index (χ2n) is 8.31. The highest BCUT2D eigenvalue weighted by atomic mass is 16.5. The number of nitrogens with one attached hydrogen (secondary N) is 1. The Labute approximate surface area is 186 Å². The predicted molar refractivity (Wildman–Crippen MR) is 122 cm³/mol. The van der Waals surface area contributed by atoms with Crippen LogP contribution >= 0.6 is 0 Å². The molecule has 6 nitrogen and oxygen atoms in total. The van der Waals surface area contributed by atoms with Crippen LogP contribution in [-0.2, 0) is 16.9 Å². The summed E-state index contributed by atoms with van der Waals surface area (Å²) in [5, 5.41) is 9.90. The van der Waals surface area contributed by atoms with E-state index in [1.165, 1.54) is 0 Å². The molecule has 0 fully saturated rings. The van der Waals surface area contributed by atoms with Crippen molar-refractivity contribution in [2.24, 2.45) is 5.10 Å². The number of anilines is 1. The molecule has 0 aromatic heterocycles. The third-order valence-electron chi connectivity index (χ3n) is 6.61. The Kier molecular flexibility index (Phi) is 4.05. The highest BCUT2D eigenvalue weighted by molar-refractivity contribution is 6.07. The molecule has 1 spiro atoms. The van der Waals surface area contributed by atoms with Gasteiger partial charge in [-0.1, -0.05) is 31.2 Å². The second-order valence-corrected chi connectivity index (χ2v) is 8.31. The van der Waals surface area contributed by atoms with Gasteiger partial charge in [-0.2, -0.15) is 5.10 Å². The number of amides is 1. The van der Waals surface area contributed by atoms with Crippen molar-refractivity contribution in [1.82, 2.24) is 5.01 Å². The van der Waals surface area contributed by atoms with Crippen molar-refractivity contribution in [3.63, 3.8) is 0 Å². The van der Waals surface area contributed by atoms with Crippen LogP contribution in [0.25, 0.3) is 0 Å². The SMILES string of the molecule is CCc1ccc2c(c1)[C@]1(Oc3ccccc3[C@@H]3CC(c4ccc(OC)cc4)=NN31)C(=O)N2. The summed E-state index contributed by atoms with van der Waals surface area (Å²) in [6, 6.07) is 21.8. The van der Waals surface area contributed by atoms with Crippen LogP contribution in [-0.4, -0.2) is 23.7 Å². The minimum absolute atomic E-state index is 0.0981. The van der Waals surface area contributed by atoms with Gasteiger partial charge in [0.25, 0.3) is 5.91 Å². The third kappa shape index (κ3) is 2.52. The van der Waals surface area contributed by atoms with Gasteiger partial charge in [0.2, 0.25) is 0 Å². The van der Waals surface area contributed by atoms with E-state index in [0.29, 0.717) is 6.42 Å². The number of aryl methyl sites for hydroxylation is 1. The zero-order valence-corrected chi connectivity index (χ0v) is 18.0. The third-order valence-corrected chi connectivity index (χ3v) is 6.61. The number of para-hydroxylation sites is 1. The molecule has 0 bridgehead atoms. The molecule has 32 heavy (non-hydrogen) atoms. The van der Waals surface area contributed by atoms with E-state index in [1.54, 1.807) is 7.11 Å². The van der Waals surface area contributed by atoms with Gasteiger partial charge in [0.1, 0.15) is 11.5 Å². The van der Waals surface area contributed by atoms with Gasteiger partial charge in [0, 0.05) is 12.0 Å². The number of fused-ring (bicyclic) bond motifs is 6. The lowest BCUT2D eigenvalue weighted by atomic mass is 9.91. The molecule has 3 aliphatic heterocycles. The minimum Gasteiger partial charge on any atom is -0.497 e. The Balaban J connectivity index is 1.54. The molecule has 1 N–H and O–H groups in total. The molecule has 3 aromatic carbocycles. The van der Waals surface area contributed by atoms with E-state index in [4.69, 9.17) is 14.6 Å². The second kappa shape index (κ2) is 6.85. The van der Waals surface area contributed by atoms with Gasteiger partial charge in [-0.25, -0.2) is 5.01 Å². The molecular weight excluding hydrogens is 402 g/mol. The average Bonchev–Trinajstić information content (AvgIpc) is 3.40. The lowest BCUT2D eigenvalue weighted by Gasteiger charge is -2.44. The molecule has 1 amide bonds. The number of methoxy groups -OCH3 is 1. The Morgan fingerprint density at radius 1 is 1.16 bits per heavy atom. The van der Waals surface area contributed by atoms with Crippen molar-refractivity contribution in [1.29, 1.82) is 0 Å². The van der Waals surface area contributed by atoms with Crippen LogP contribution in [0.4, 0.5) is 5.69 Å². The summed E-state index contributed by atoms with van der Waals surface area (Å²) >= 11 is 0. The number of rotatable bonds is 3. The first-order chi connectivity index (χ1) is 15.6. The van der Waals surface area contributed by atoms with Crippen LogP contribution in [0, 0.1) is 0 Å². The van der Waals surface area contributed by atoms with Gasteiger partial charge in [0.15, 0.2) is 0 Å². The minimum atomic E-state index is -1.33. The quantitative estimate of drug-likeness (QED) is 0.666. The molecule has 2 atom stereocenters. The molecule has 160 valence electrons. The van der Waals surface area contributed by atoms with E-state index in [0.717, 1.165) is 51.6 Å². The highest BCUT2D eigenvalue weighted by Crippen LogP contribution is 2.54. The Morgan fingerprint density at radius 3 is 2.75 bits per heavy atom. The fourth-order valence-electron chi connectivity index (χ4n) is 4.91. The molecule has 0 radical (unpaired) electrons. The largest absolute Gasteiger partial charge is 0.497 e. The lowest BCUT2D eigenvalue weighted by Crippen LogP contribution is -2.55.